The van der Waals surface area contributed by atoms with Crippen LogP contribution in [-0.2, 0) is 4.79 Å². The molecular weight excluding hydrogens is 354 g/mol. The van der Waals surface area contributed by atoms with E-state index in [2.05, 4.69) is 5.32 Å². The van der Waals surface area contributed by atoms with Crippen LogP contribution in [0.4, 0.5) is 0 Å². The number of ether oxygens (including phenoxy) is 3. The normalized spacial score (nSPS) is 18.4. The maximum absolute atomic E-state index is 13.0. The van der Waals surface area contributed by atoms with Crippen molar-refractivity contribution < 1.29 is 19.0 Å². The van der Waals surface area contributed by atoms with E-state index in [9.17, 15) is 4.79 Å². The maximum atomic E-state index is 13.0. The highest BCUT2D eigenvalue weighted by atomic mass is 16.5. The number of benzene rings is 2. The highest BCUT2D eigenvalue weighted by Crippen LogP contribution is 2.40. The van der Waals surface area contributed by atoms with Crippen LogP contribution in [-0.4, -0.2) is 24.7 Å². The van der Waals surface area contributed by atoms with Gasteiger partial charge in [-0.2, -0.15) is 0 Å². The Morgan fingerprint density at radius 2 is 1.89 bits per heavy atom. The van der Waals surface area contributed by atoms with Gasteiger partial charge in [0.05, 0.1) is 13.2 Å². The lowest BCUT2D eigenvalue weighted by atomic mass is 9.89. The van der Waals surface area contributed by atoms with E-state index in [1.165, 1.54) is 0 Å². The number of hydrogen-bond acceptors (Lipinski definition) is 4. The summed E-state index contributed by atoms with van der Waals surface area (Å²) >= 11 is 0. The fourth-order valence-electron chi connectivity index (χ4n) is 3.49. The lowest BCUT2D eigenvalue weighted by Gasteiger charge is -2.38. The van der Waals surface area contributed by atoms with E-state index in [1.54, 1.807) is 7.11 Å². The predicted octanol–water partition coefficient (Wildman–Crippen LogP) is 4.58. The van der Waals surface area contributed by atoms with Crippen molar-refractivity contribution in [1.82, 2.24) is 5.32 Å². The van der Waals surface area contributed by atoms with Crippen LogP contribution in [0.15, 0.2) is 42.5 Å². The van der Waals surface area contributed by atoms with E-state index in [-0.39, 0.29) is 17.6 Å². The molecule has 0 aromatic heterocycles. The van der Waals surface area contributed by atoms with Crippen LogP contribution < -0.4 is 19.5 Å². The molecule has 1 N–H and O–H groups in total. The van der Waals surface area contributed by atoms with Crippen molar-refractivity contribution in [1.29, 1.82) is 0 Å². The molecule has 2 aromatic carbocycles. The first kappa shape index (κ1) is 20.1. The minimum atomic E-state index is -0.562. The summed E-state index contributed by atoms with van der Waals surface area (Å²) < 4.78 is 17.2. The lowest BCUT2D eigenvalue weighted by Crippen LogP contribution is -2.45. The van der Waals surface area contributed by atoms with Crippen LogP contribution in [0.1, 0.15) is 50.8 Å². The van der Waals surface area contributed by atoms with E-state index in [1.807, 2.05) is 70.2 Å². The highest BCUT2D eigenvalue weighted by Gasteiger charge is 2.35. The zero-order valence-corrected chi connectivity index (χ0v) is 17.2. The molecule has 1 aliphatic heterocycles. The second-order valence-corrected chi connectivity index (χ2v) is 7.86. The van der Waals surface area contributed by atoms with E-state index in [4.69, 9.17) is 14.2 Å². The predicted molar refractivity (Wildman–Crippen MR) is 109 cm³/mol. The van der Waals surface area contributed by atoms with Crippen LogP contribution in [0.3, 0.4) is 0 Å². The third-order valence-corrected chi connectivity index (χ3v) is 4.94. The molecule has 5 nitrogen and oxygen atoms in total. The number of methoxy groups -OCH3 is 1. The largest absolute Gasteiger partial charge is 0.497 e. The molecule has 0 radical (unpaired) electrons. The zero-order valence-electron chi connectivity index (χ0n) is 17.2. The number of rotatable bonds is 6. The minimum absolute atomic E-state index is 0.111. The van der Waals surface area contributed by atoms with Crippen molar-refractivity contribution in [3.05, 3.63) is 53.6 Å². The SMILES string of the molecule is CC[C@@H](Oc1ccc(OC)cc1)C(=O)N[C@H]1CC(C)(C)Oc2cc(C)ccc21. The number of carbonyl (C=O) groups excluding carboxylic acids is 1. The lowest BCUT2D eigenvalue weighted by molar-refractivity contribution is -0.129. The standard InChI is InChI=1S/C23H29NO4/c1-6-20(27-17-10-8-16(26-5)9-11-17)22(25)24-19-14-23(3,4)28-21-13-15(2)7-12-18(19)21/h7-13,19-20H,6,14H2,1-5H3,(H,24,25)/t19-,20+/m0/s1. The van der Waals surface area contributed by atoms with E-state index >= 15 is 0 Å². The first-order valence-corrected chi connectivity index (χ1v) is 9.72. The topological polar surface area (TPSA) is 56.8 Å². The van der Waals surface area contributed by atoms with E-state index in [0.717, 1.165) is 22.6 Å². The second-order valence-electron chi connectivity index (χ2n) is 7.86. The quantitative estimate of drug-likeness (QED) is 0.793. The van der Waals surface area contributed by atoms with Crippen molar-refractivity contribution in [3.63, 3.8) is 0 Å². The third-order valence-electron chi connectivity index (χ3n) is 4.94. The molecule has 5 heteroatoms. The maximum Gasteiger partial charge on any atom is 0.261 e. The molecule has 0 spiro atoms. The average Bonchev–Trinajstić information content (AvgIpc) is 2.65. The van der Waals surface area contributed by atoms with Crippen molar-refractivity contribution in [2.24, 2.45) is 0 Å². The smallest absolute Gasteiger partial charge is 0.261 e. The number of amides is 1. The Kier molecular flexibility index (Phi) is 5.82. The summed E-state index contributed by atoms with van der Waals surface area (Å²) in [6.07, 6.45) is 0.715. The number of hydrogen-bond donors (Lipinski definition) is 1. The van der Waals surface area contributed by atoms with Crippen molar-refractivity contribution in [2.75, 3.05) is 7.11 Å². The molecule has 0 aliphatic carbocycles. The van der Waals surface area contributed by atoms with Gasteiger partial charge in [-0.3, -0.25) is 4.79 Å². The monoisotopic (exact) mass is 383 g/mol. The van der Waals surface area contributed by atoms with E-state index < -0.39 is 6.10 Å². The fourth-order valence-corrected chi connectivity index (χ4v) is 3.49. The van der Waals surface area contributed by atoms with Gasteiger partial charge in [0.15, 0.2) is 6.10 Å². The molecule has 3 rings (SSSR count). The van der Waals surface area contributed by atoms with Gasteiger partial charge in [0.1, 0.15) is 22.8 Å². The van der Waals surface area contributed by atoms with E-state index in [0.29, 0.717) is 18.6 Å². The number of fused-ring (bicyclic) bond motifs is 1. The molecular formula is C23H29NO4. The van der Waals surface area contributed by atoms with Gasteiger partial charge in [-0.1, -0.05) is 19.1 Å². The van der Waals surface area contributed by atoms with Gasteiger partial charge < -0.3 is 19.5 Å². The Bertz CT molecular complexity index is 829. The molecule has 150 valence electrons. The number of aryl methyl sites for hydroxylation is 1. The van der Waals surface area contributed by atoms with Crippen LogP contribution in [0, 0.1) is 6.92 Å². The first-order valence-electron chi connectivity index (χ1n) is 9.72. The number of nitrogens with one attached hydrogen (secondary N) is 1. The Morgan fingerprint density at radius 3 is 2.54 bits per heavy atom. The Morgan fingerprint density at radius 1 is 1.21 bits per heavy atom. The van der Waals surface area contributed by atoms with Crippen molar-refractivity contribution in [2.45, 2.75) is 58.3 Å². The van der Waals surface area contributed by atoms with Crippen molar-refractivity contribution >= 4 is 5.91 Å². The van der Waals surface area contributed by atoms with Crippen LogP contribution in [0.2, 0.25) is 0 Å². The zero-order chi connectivity index (χ0) is 20.3. The first-order chi connectivity index (χ1) is 13.3. The molecule has 0 fully saturated rings. The molecule has 2 atom stereocenters. The molecule has 2 aromatic rings. The number of carbonyl (C=O) groups is 1. The van der Waals surface area contributed by atoms with Gasteiger partial charge in [0.25, 0.3) is 5.91 Å². The second kappa shape index (κ2) is 8.13. The Labute approximate surface area is 167 Å². The van der Waals surface area contributed by atoms with Gasteiger partial charge in [-0.05, 0) is 63.1 Å². The summed E-state index contributed by atoms with van der Waals surface area (Å²) in [5, 5.41) is 3.18. The van der Waals surface area contributed by atoms with Gasteiger partial charge in [0, 0.05) is 12.0 Å². The molecule has 1 heterocycles. The van der Waals surface area contributed by atoms with Crippen LogP contribution in [0.5, 0.6) is 17.2 Å². The molecule has 0 saturated heterocycles. The molecule has 0 bridgehead atoms. The Hall–Kier alpha value is -2.69. The summed E-state index contributed by atoms with van der Waals surface area (Å²) in [7, 11) is 1.62. The molecule has 0 unspecified atom stereocenters. The van der Waals surface area contributed by atoms with Gasteiger partial charge in [-0.15, -0.1) is 0 Å². The highest BCUT2D eigenvalue weighted by molar-refractivity contribution is 5.81. The summed E-state index contributed by atoms with van der Waals surface area (Å²) in [4.78, 5) is 13.0. The fraction of sp³-hybridized carbons (Fsp3) is 0.435. The third kappa shape index (κ3) is 4.58. The summed E-state index contributed by atoms with van der Waals surface area (Å²) in [5.74, 6) is 2.12. The van der Waals surface area contributed by atoms with Crippen LogP contribution in [0.25, 0.3) is 0 Å². The van der Waals surface area contributed by atoms with Crippen molar-refractivity contribution in [3.8, 4) is 17.2 Å². The summed E-state index contributed by atoms with van der Waals surface area (Å²) in [6.45, 7) is 8.07. The molecule has 1 amide bonds. The van der Waals surface area contributed by atoms with Gasteiger partial charge >= 0.3 is 0 Å². The van der Waals surface area contributed by atoms with Gasteiger partial charge in [0.2, 0.25) is 0 Å². The van der Waals surface area contributed by atoms with Crippen LogP contribution >= 0.6 is 0 Å². The molecule has 0 saturated carbocycles. The Balaban J connectivity index is 1.74. The summed E-state index contributed by atoms with van der Waals surface area (Å²) in [6, 6.07) is 13.3. The molecule has 28 heavy (non-hydrogen) atoms. The van der Waals surface area contributed by atoms with Gasteiger partial charge in [-0.25, -0.2) is 0 Å². The average molecular weight is 383 g/mol. The molecule has 1 aliphatic rings. The summed E-state index contributed by atoms with van der Waals surface area (Å²) in [5.41, 5.74) is 1.80. The minimum Gasteiger partial charge on any atom is -0.497 e.